The molecule has 5 aliphatic heterocycles. The van der Waals surface area contributed by atoms with Gasteiger partial charge in [-0.3, -0.25) is 4.90 Å². The fraction of sp³-hybridized carbons (Fsp3) is 0.552. The van der Waals surface area contributed by atoms with Crippen molar-refractivity contribution in [2.24, 2.45) is 0 Å². The molecule has 4 fully saturated rings. The van der Waals surface area contributed by atoms with Crippen molar-refractivity contribution in [3.8, 4) is 28.9 Å². The van der Waals surface area contributed by atoms with E-state index in [4.69, 9.17) is 26.1 Å². The van der Waals surface area contributed by atoms with Gasteiger partial charge in [-0.25, -0.2) is 13.8 Å². The lowest BCUT2D eigenvalue weighted by molar-refractivity contribution is -0.137. The zero-order valence-corrected chi connectivity index (χ0v) is 24.1. The number of aromatic hydroxyl groups is 1. The number of hydrogen-bond donors (Lipinski definition) is 2. The van der Waals surface area contributed by atoms with Crippen LogP contribution in [0.15, 0.2) is 12.1 Å². The van der Waals surface area contributed by atoms with Crippen LogP contribution in [0.25, 0.3) is 22.2 Å². The third kappa shape index (κ3) is 4.35. The van der Waals surface area contributed by atoms with E-state index >= 15 is 4.39 Å². The van der Waals surface area contributed by atoms with E-state index in [1.165, 1.54) is 0 Å². The Kier molecular flexibility index (Phi) is 6.35. The first-order valence-corrected chi connectivity index (χ1v) is 15.1. The predicted molar refractivity (Wildman–Crippen MR) is 150 cm³/mol. The molecule has 0 amide bonds. The highest BCUT2D eigenvalue weighted by molar-refractivity contribution is 6.32. The van der Waals surface area contributed by atoms with Crippen LogP contribution in [0.5, 0.6) is 17.6 Å². The fourth-order valence-corrected chi connectivity index (χ4v) is 8.20. The normalized spacial score (nSPS) is 29.5. The minimum Gasteiger partial charge on any atom is -0.508 e. The van der Waals surface area contributed by atoms with Gasteiger partial charge in [0.05, 0.1) is 22.2 Å². The number of pyridine rings is 1. The number of nitrogens with one attached hydrogen (secondary N) is 1. The van der Waals surface area contributed by atoms with E-state index in [9.17, 15) is 22.7 Å². The maximum Gasteiger partial charge on any atom is 0.418 e. The quantitative estimate of drug-likeness (QED) is 0.388. The number of benzene rings is 1. The summed E-state index contributed by atoms with van der Waals surface area (Å²) in [7, 11) is 0. The highest BCUT2D eigenvalue weighted by Crippen LogP contribution is 2.48. The Bertz CT molecular complexity index is 1680. The average molecular weight is 639 g/mol. The number of ether oxygens (including phenoxy) is 2. The average Bonchev–Trinajstić information content (AvgIpc) is 3.59. The van der Waals surface area contributed by atoms with E-state index in [0.29, 0.717) is 25.3 Å². The minimum absolute atomic E-state index is 0.0504. The molecule has 3 aromatic rings. The number of piperazine rings is 1. The van der Waals surface area contributed by atoms with Crippen molar-refractivity contribution in [2.75, 3.05) is 37.7 Å². The molecule has 8 rings (SSSR count). The number of phenols is 1. The summed E-state index contributed by atoms with van der Waals surface area (Å²) < 4.78 is 85.8. The first-order valence-electron chi connectivity index (χ1n) is 14.7. The second-order valence-electron chi connectivity index (χ2n) is 12.4. The van der Waals surface area contributed by atoms with E-state index in [0.717, 1.165) is 44.4 Å². The Balaban J connectivity index is 1.31. The molecule has 0 radical (unpaired) electrons. The molecule has 0 aliphatic carbocycles. The fourth-order valence-electron chi connectivity index (χ4n) is 7.88. The van der Waals surface area contributed by atoms with Gasteiger partial charge < -0.3 is 24.8 Å². The van der Waals surface area contributed by atoms with Crippen LogP contribution in [0.3, 0.4) is 0 Å². The zero-order valence-electron chi connectivity index (χ0n) is 23.3. The summed E-state index contributed by atoms with van der Waals surface area (Å²) in [5.74, 6) is -1.58. The van der Waals surface area contributed by atoms with E-state index in [1.807, 2.05) is 4.90 Å². The van der Waals surface area contributed by atoms with Gasteiger partial charge in [-0.2, -0.15) is 23.1 Å². The SMILES string of the molecule is Oc1cc(Cl)c(C(F)(F)F)c(-c2nc3c4c(nc(OC[C@]56CCCN5C[C@@H](F)C6)nc4c2F)N2C[C@@H]4CC[C@@H](N4)[C@H]2CO3)c1. The molecule has 2 N–H and O–H groups in total. The van der Waals surface area contributed by atoms with Crippen molar-refractivity contribution in [2.45, 2.75) is 68.1 Å². The number of alkyl halides is 4. The van der Waals surface area contributed by atoms with Crippen LogP contribution in [-0.2, 0) is 6.18 Å². The van der Waals surface area contributed by atoms with Gasteiger partial charge in [0.1, 0.15) is 47.5 Å². The highest BCUT2D eigenvalue weighted by Gasteiger charge is 2.50. The van der Waals surface area contributed by atoms with Crippen molar-refractivity contribution in [3.63, 3.8) is 0 Å². The molecular formula is C29H28ClF5N6O3. The van der Waals surface area contributed by atoms with Crippen LogP contribution in [0.4, 0.5) is 27.8 Å². The van der Waals surface area contributed by atoms with Gasteiger partial charge in [-0.15, -0.1) is 0 Å². The molecule has 44 heavy (non-hydrogen) atoms. The molecule has 1 aromatic carbocycles. The molecular weight excluding hydrogens is 611 g/mol. The molecule has 0 spiro atoms. The Labute approximate surface area is 253 Å². The topological polar surface area (TPSA) is 95.9 Å². The van der Waals surface area contributed by atoms with E-state index < -0.39 is 51.3 Å². The number of nitrogens with zero attached hydrogens (tertiary/aromatic N) is 5. The summed E-state index contributed by atoms with van der Waals surface area (Å²) in [5.41, 5.74) is -3.70. The first-order chi connectivity index (χ1) is 21.0. The number of aromatic nitrogens is 3. The van der Waals surface area contributed by atoms with Gasteiger partial charge in [0.25, 0.3) is 0 Å². The van der Waals surface area contributed by atoms with Gasteiger partial charge in [-0.05, 0) is 44.4 Å². The van der Waals surface area contributed by atoms with E-state index in [2.05, 4.69) is 20.2 Å². The van der Waals surface area contributed by atoms with Gasteiger partial charge in [0.2, 0.25) is 5.88 Å². The molecule has 0 unspecified atom stereocenters. The summed E-state index contributed by atoms with van der Waals surface area (Å²) in [4.78, 5) is 17.4. The molecule has 15 heteroatoms. The number of fused-ring (bicyclic) bond motifs is 6. The van der Waals surface area contributed by atoms with Crippen LogP contribution in [-0.4, -0.2) is 87.6 Å². The summed E-state index contributed by atoms with van der Waals surface area (Å²) in [6.07, 6.45) is -2.22. The van der Waals surface area contributed by atoms with Crippen molar-refractivity contribution in [1.29, 1.82) is 0 Å². The van der Waals surface area contributed by atoms with Crippen LogP contribution in [0, 0.1) is 5.82 Å². The number of halogens is 6. The first kappa shape index (κ1) is 28.3. The van der Waals surface area contributed by atoms with Crippen molar-refractivity contribution in [3.05, 3.63) is 28.5 Å². The van der Waals surface area contributed by atoms with Crippen LogP contribution < -0.4 is 19.7 Å². The maximum absolute atomic E-state index is 16.6. The van der Waals surface area contributed by atoms with Gasteiger partial charge in [-0.1, -0.05) is 11.6 Å². The lowest BCUT2D eigenvalue weighted by atomic mass is 9.95. The molecule has 9 nitrogen and oxygen atoms in total. The van der Waals surface area contributed by atoms with Crippen LogP contribution >= 0.6 is 11.6 Å². The zero-order chi connectivity index (χ0) is 30.5. The van der Waals surface area contributed by atoms with E-state index in [-0.39, 0.29) is 54.1 Å². The van der Waals surface area contributed by atoms with Gasteiger partial charge in [0, 0.05) is 37.2 Å². The summed E-state index contributed by atoms with van der Waals surface area (Å²) in [6.45, 7) is 1.80. The smallest absolute Gasteiger partial charge is 0.418 e. The molecule has 0 saturated carbocycles. The number of anilines is 1. The third-order valence-electron chi connectivity index (χ3n) is 9.78. The molecule has 2 aromatic heterocycles. The van der Waals surface area contributed by atoms with Crippen LogP contribution in [0.1, 0.15) is 37.7 Å². The van der Waals surface area contributed by atoms with Gasteiger partial charge >= 0.3 is 12.2 Å². The van der Waals surface area contributed by atoms with Crippen molar-refractivity contribution >= 4 is 28.3 Å². The molecule has 2 bridgehead atoms. The largest absolute Gasteiger partial charge is 0.508 e. The van der Waals surface area contributed by atoms with Crippen LogP contribution in [0.2, 0.25) is 5.02 Å². The third-order valence-corrected chi connectivity index (χ3v) is 10.1. The summed E-state index contributed by atoms with van der Waals surface area (Å²) in [6, 6.07) is 1.33. The maximum atomic E-state index is 16.6. The molecule has 5 atom stereocenters. The van der Waals surface area contributed by atoms with Crippen molar-refractivity contribution < 1.29 is 36.5 Å². The second-order valence-corrected chi connectivity index (χ2v) is 12.8. The van der Waals surface area contributed by atoms with E-state index in [1.54, 1.807) is 0 Å². The minimum atomic E-state index is -4.99. The second kappa shape index (κ2) is 9.88. The number of hydrogen-bond acceptors (Lipinski definition) is 9. The summed E-state index contributed by atoms with van der Waals surface area (Å²) in [5, 5.41) is 13.0. The highest BCUT2D eigenvalue weighted by atomic mass is 35.5. The summed E-state index contributed by atoms with van der Waals surface area (Å²) >= 11 is 5.93. The Hall–Kier alpha value is -3.23. The lowest BCUT2D eigenvalue weighted by Crippen LogP contribution is -2.60. The van der Waals surface area contributed by atoms with Gasteiger partial charge in [0.15, 0.2) is 5.82 Å². The monoisotopic (exact) mass is 638 g/mol. The van der Waals surface area contributed by atoms with Crippen molar-refractivity contribution in [1.82, 2.24) is 25.2 Å². The molecule has 234 valence electrons. The Morgan fingerprint density at radius 3 is 2.84 bits per heavy atom. The molecule has 5 aliphatic rings. The predicted octanol–water partition coefficient (Wildman–Crippen LogP) is 4.87. The number of rotatable bonds is 4. The molecule has 7 heterocycles. The number of phenolic OH excluding ortho intramolecular Hbond substituents is 1. The standard InChI is InChI=1S/C29H28ClF5N6O3/c30-17-7-15(42)6-16(21(17)29(33,34)35)23-22(32)24-20-25(41-10-14-2-3-18(36-14)19(41)11-43-26(20)37-23)39-27(38-24)44-12-28-4-1-5-40(28)9-13(31)8-28/h6-7,13-14,18-19,36,42H,1-5,8-12H2/t13-,14-,18+,19+,28+/m0/s1. The molecule has 4 saturated heterocycles. The Morgan fingerprint density at radius 2 is 2.02 bits per heavy atom. The Morgan fingerprint density at radius 1 is 1.18 bits per heavy atom. The lowest BCUT2D eigenvalue weighted by Gasteiger charge is -2.40.